The molecule has 0 spiro atoms. The second-order valence-electron chi connectivity index (χ2n) is 4.59. The van der Waals surface area contributed by atoms with E-state index in [1.165, 1.54) is 0 Å². The molecule has 0 heterocycles. The molecule has 18 heavy (non-hydrogen) atoms. The first kappa shape index (κ1) is 14.2. The van der Waals surface area contributed by atoms with Crippen molar-refractivity contribution in [3.63, 3.8) is 0 Å². The summed E-state index contributed by atoms with van der Waals surface area (Å²) < 4.78 is 5.03. The number of hydrogen-bond donors (Lipinski definition) is 1. The fourth-order valence-corrected chi connectivity index (χ4v) is 1.33. The largest absolute Gasteiger partial charge is 0.452 e. The summed E-state index contributed by atoms with van der Waals surface area (Å²) >= 11 is 0. The maximum atomic E-state index is 11.8. The Kier molecular flexibility index (Phi) is 4.89. The summed E-state index contributed by atoms with van der Waals surface area (Å²) in [6.45, 7) is 6.96. The summed E-state index contributed by atoms with van der Waals surface area (Å²) in [6, 6.07) is 7.45. The molecule has 1 rings (SSSR count). The quantitative estimate of drug-likeness (QED) is 0.834. The van der Waals surface area contributed by atoms with Crippen molar-refractivity contribution in [1.82, 2.24) is 0 Å². The van der Waals surface area contributed by atoms with Crippen molar-refractivity contribution in [3.8, 4) is 0 Å². The number of nitrogens with one attached hydrogen (secondary N) is 1. The highest BCUT2D eigenvalue weighted by Crippen LogP contribution is 2.11. The van der Waals surface area contributed by atoms with E-state index in [1.807, 2.05) is 25.1 Å². The Morgan fingerprint density at radius 1 is 1.22 bits per heavy atom. The number of anilines is 1. The zero-order valence-electron chi connectivity index (χ0n) is 11.2. The maximum absolute atomic E-state index is 11.8. The third kappa shape index (κ3) is 4.20. The van der Waals surface area contributed by atoms with Crippen molar-refractivity contribution in [2.75, 3.05) is 5.32 Å². The van der Waals surface area contributed by atoms with Crippen LogP contribution in [0, 0.1) is 12.8 Å². The predicted octanol–water partition coefficient (Wildman–Crippen LogP) is 2.52. The number of carbonyl (C=O) groups excluding carboxylic acids is 2. The molecule has 1 aromatic carbocycles. The zero-order chi connectivity index (χ0) is 13.7. The van der Waals surface area contributed by atoms with Gasteiger partial charge >= 0.3 is 5.97 Å². The van der Waals surface area contributed by atoms with Crippen LogP contribution in [0.4, 0.5) is 5.69 Å². The second-order valence-corrected chi connectivity index (χ2v) is 4.59. The molecule has 0 saturated carbocycles. The number of carbonyl (C=O) groups is 2. The number of amides is 1. The third-order valence-corrected chi connectivity index (χ3v) is 2.42. The second kappa shape index (κ2) is 6.19. The average Bonchev–Trinajstić information content (AvgIpc) is 2.28. The molecule has 0 fully saturated rings. The van der Waals surface area contributed by atoms with Crippen LogP contribution in [0.1, 0.15) is 26.3 Å². The normalized spacial score (nSPS) is 12.1. The van der Waals surface area contributed by atoms with E-state index in [0.717, 1.165) is 5.56 Å². The van der Waals surface area contributed by atoms with Gasteiger partial charge in [0, 0.05) is 5.69 Å². The highest BCUT2D eigenvalue weighted by atomic mass is 16.5. The zero-order valence-corrected chi connectivity index (χ0v) is 11.2. The van der Waals surface area contributed by atoms with Crippen LogP contribution in [0.5, 0.6) is 0 Å². The molecule has 1 amide bonds. The molecule has 0 saturated heterocycles. The van der Waals surface area contributed by atoms with Crippen LogP contribution < -0.4 is 5.32 Å². The minimum absolute atomic E-state index is 0.237. The lowest BCUT2D eigenvalue weighted by Gasteiger charge is -2.15. The van der Waals surface area contributed by atoms with Crippen LogP contribution >= 0.6 is 0 Å². The third-order valence-electron chi connectivity index (χ3n) is 2.42. The first-order chi connectivity index (χ1) is 8.40. The molecular weight excluding hydrogens is 230 g/mol. The Balaban J connectivity index is 2.57. The summed E-state index contributed by atoms with van der Waals surface area (Å²) in [5.74, 6) is -0.935. The fourth-order valence-electron chi connectivity index (χ4n) is 1.33. The van der Waals surface area contributed by atoms with Crippen LogP contribution in [-0.2, 0) is 14.3 Å². The number of rotatable bonds is 4. The molecule has 4 heteroatoms. The molecular formula is C14H19NO3. The first-order valence-corrected chi connectivity index (χ1v) is 5.98. The van der Waals surface area contributed by atoms with E-state index in [2.05, 4.69) is 5.32 Å². The van der Waals surface area contributed by atoms with Crippen molar-refractivity contribution in [2.45, 2.75) is 33.8 Å². The summed E-state index contributed by atoms with van der Waals surface area (Å²) in [5.41, 5.74) is 1.76. The lowest BCUT2D eigenvalue weighted by atomic mass is 10.2. The SMILES string of the molecule is Cc1cccc(NC(=O)C(C)OC(=O)C(C)C)c1. The molecule has 1 atom stereocenters. The van der Waals surface area contributed by atoms with Crippen LogP contribution in [0.15, 0.2) is 24.3 Å². The first-order valence-electron chi connectivity index (χ1n) is 5.98. The van der Waals surface area contributed by atoms with Crippen molar-refractivity contribution in [1.29, 1.82) is 0 Å². The van der Waals surface area contributed by atoms with E-state index in [4.69, 9.17) is 4.74 Å². The van der Waals surface area contributed by atoms with Crippen LogP contribution in [0.2, 0.25) is 0 Å². The van der Waals surface area contributed by atoms with Crippen LogP contribution in [0.3, 0.4) is 0 Å². The number of ether oxygens (including phenoxy) is 1. The van der Waals surface area contributed by atoms with E-state index in [9.17, 15) is 9.59 Å². The topological polar surface area (TPSA) is 55.4 Å². The number of aryl methyl sites for hydroxylation is 1. The lowest BCUT2D eigenvalue weighted by Crippen LogP contribution is -2.31. The minimum Gasteiger partial charge on any atom is -0.452 e. The molecule has 1 N–H and O–H groups in total. The maximum Gasteiger partial charge on any atom is 0.309 e. The monoisotopic (exact) mass is 249 g/mol. The van der Waals surface area contributed by atoms with Crippen molar-refractivity contribution in [2.24, 2.45) is 5.92 Å². The summed E-state index contributed by atoms with van der Waals surface area (Å²) in [6.07, 6.45) is -0.791. The molecule has 0 aliphatic carbocycles. The Bertz CT molecular complexity index is 440. The summed E-state index contributed by atoms with van der Waals surface area (Å²) in [7, 11) is 0. The van der Waals surface area contributed by atoms with Gasteiger partial charge in [0.25, 0.3) is 5.91 Å². The molecule has 1 unspecified atom stereocenters. The van der Waals surface area contributed by atoms with Crippen molar-refractivity contribution < 1.29 is 14.3 Å². The van der Waals surface area contributed by atoms with E-state index in [0.29, 0.717) is 5.69 Å². The van der Waals surface area contributed by atoms with Gasteiger partial charge in [-0.15, -0.1) is 0 Å². The molecule has 0 bridgehead atoms. The molecule has 1 aromatic rings. The van der Waals surface area contributed by atoms with Gasteiger partial charge in [-0.2, -0.15) is 0 Å². The van der Waals surface area contributed by atoms with Crippen molar-refractivity contribution in [3.05, 3.63) is 29.8 Å². The standard InChI is InChI=1S/C14H19NO3/c1-9(2)14(17)18-11(4)13(16)15-12-7-5-6-10(3)8-12/h5-9,11H,1-4H3,(H,15,16). The molecule has 98 valence electrons. The van der Waals surface area contributed by atoms with Gasteiger partial charge in [0.2, 0.25) is 0 Å². The van der Waals surface area contributed by atoms with Gasteiger partial charge in [0.05, 0.1) is 5.92 Å². The number of hydrogen-bond acceptors (Lipinski definition) is 3. The summed E-state index contributed by atoms with van der Waals surface area (Å²) in [5, 5.41) is 2.71. The number of benzene rings is 1. The lowest BCUT2D eigenvalue weighted by molar-refractivity contribution is -0.156. The summed E-state index contributed by atoms with van der Waals surface area (Å²) in [4.78, 5) is 23.2. The molecule has 0 aliphatic rings. The Hall–Kier alpha value is -1.84. The molecule has 4 nitrogen and oxygen atoms in total. The van der Waals surface area contributed by atoms with Gasteiger partial charge in [0.1, 0.15) is 0 Å². The van der Waals surface area contributed by atoms with E-state index < -0.39 is 6.10 Å². The van der Waals surface area contributed by atoms with Gasteiger partial charge in [-0.1, -0.05) is 26.0 Å². The van der Waals surface area contributed by atoms with Gasteiger partial charge in [0.15, 0.2) is 6.10 Å². The van der Waals surface area contributed by atoms with Gasteiger partial charge < -0.3 is 10.1 Å². The molecule has 0 radical (unpaired) electrons. The smallest absolute Gasteiger partial charge is 0.309 e. The average molecular weight is 249 g/mol. The van der Waals surface area contributed by atoms with Gasteiger partial charge in [-0.05, 0) is 31.5 Å². The number of esters is 1. The highest BCUT2D eigenvalue weighted by molar-refractivity contribution is 5.95. The Morgan fingerprint density at radius 2 is 1.89 bits per heavy atom. The van der Waals surface area contributed by atoms with Gasteiger partial charge in [-0.3, -0.25) is 9.59 Å². The minimum atomic E-state index is -0.791. The van der Waals surface area contributed by atoms with Gasteiger partial charge in [-0.25, -0.2) is 0 Å². The van der Waals surface area contributed by atoms with Crippen molar-refractivity contribution >= 4 is 17.6 Å². The fraction of sp³-hybridized carbons (Fsp3) is 0.429. The highest BCUT2D eigenvalue weighted by Gasteiger charge is 2.19. The van der Waals surface area contributed by atoms with Crippen LogP contribution in [0.25, 0.3) is 0 Å². The Labute approximate surface area is 107 Å². The van der Waals surface area contributed by atoms with E-state index in [-0.39, 0.29) is 17.8 Å². The molecule has 0 aromatic heterocycles. The molecule has 0 aliphatic heterocycles. The van der Waals surface area contributed by atoms with E-state index in [1.54, 1.807) is 26.8 Å². The van der Waals surface area contributed by atoms with E-state index >= 15 is 0 Å². The Morgan fingerprint density at radius 3 is 2.44 bits per heavy atom. The predicted molar refractivity (Wildman–Crippen MR) is 70.2 cm³/mol. The van der Waals surface area contributed by atoms with Crippen LogP contribution in [-0.4, -0.2) is 18.0 Å².